The molecular weight excluding hydrogens is 228 g/mol. The number of hydrogen-bond acceptors (Lipinski definition) is 4. The third-order valence-corrected chi connectivity index (χ3v) is 3.15. The molecule has 0 bridgehead atoms. The Balaban J connectivity index is 2.08. The quantitative estimate of drug-likeness (QED) is 0.642. The molecule has 0 amide bonds. The van der Waals surface area contributed by atoms with Gasteiger partial charge in [0.05, 0.1) is 30.2 Å². The third-order valence-electron chi connectivity index (χ3n) is 3.15. The average Bonchev–Trinajstić information content (AvgIpc) is 2.80. The minimum atomic E-state index is -0.228. The molecule has 18 heavy (non-hydrogen) atoms. The van der Waals surface area contributed by atoms with Crippen LogP contribution >= 0.6 is 0 Å². The summed E-state index contributed by atoms with van der Waals surface area (Å²) in [5.74, 6) is -0.228. The van der Waals surface area contributed by atoms with Gasteiger partial charge in [0.1, 0.15) is 0 Å². The van der Waals surface area contributed by atoms with Gasteiger partial charge in [-0.25, -0.2) is 4.79 Å². The molecule has 0 spiro atoms. The van der Waals surface area contributed by atoms with Gasteiger partial charge in [0, 0.05) is 6.54 Å². The first-order valence-corrected chi connectivity index (χ1v) is 6.56. The Morgan fingerprint density at radius 3 is 3.00 bits per heavy atom. The molecule has 0 saturated heterocycles. The zero-order chi connectivity index (χ0) is 13.0. The summed E-state index contributed by atoms with van der Waals surface area (Å²) in [7, 11) is 0. The molecule has 0 fully saturated rings. The smallest absolute Gasteiger partial charge is 0.338 e. The molecule has 98 valence electrons. The first-order chi connectivity index (χ1) is 8.76. The molecule has 1 aliphatic rings. The van der Waals surface area contributed by atoms with Crippen molar-refractivity contribution in [2.45, 2.75) is 26.7 Å². The lowest BCUT2D eigenvalue weighted by atomic mass is 10.1. The van der Waals surface area contributed by atoms with Gasteiger partial charge in [0.15, 0.2) is 0 Å². The maximum absolute atomic E-state index is 11.9. The highest BCUT2D eigenvalue weighted by Crippen LogP contribution is 2.31. The van der Waals surface area contributed by atoms with Crippen molar-refractivity contribution in [1.82, 2.24) is 0 Å². The van der Waals surface area contributed by atoms with Crippen LogP contribution in [-0.2, 0) is 4.74 Å². The van der Waals surface area contributed by atoms with Crippen molar-refractivity contribution in [1.29, 1.82) is 0 Å². The minimum absolute atomic E-state index is 0.228. The maximum atomic E-state index is 11.9. The number of anilines is 2. The molecule has 0 radical (unpaired) electrons. The Morgan fingerprint density at radius 2 is 2.28 bits per heavy atom. The highest BCUT2D eigenvalue weighted by Gasteiger charge is 2.19. The number of hydrogen-bond donors (Lipinski definition) is 1. The van der Waals surface area contributed by atoms with Crippen molar-refractivity contribution in [3.05, 3.63) is 23.8 Å². The molecule has 1 aromatic rings. The lowest BCUT2D eigenvalue weighted by Crippen LogP contribution is -2.21. The fourth-order valence-electron chi connectivity index (χ4n) is 2.01. The Kier molecular flexibility index (Phi) is 4.07. The molecule has 1 aromatic carbocycles. The third kappa shape index (κ3) is 2.58. The van der Waals surface area contributed by atoms with Crippen LogP contribution in [0.5, 0.6) is 0 Å². The number of carbonyl (C=O) groups excluding carboxylic acids is 1. The molecule has 0 aliphatic carbocycles. The van der Waals surface area contributed by atoms with Crippen LogP contribution in [0, 0.1) is 0 Å². The van der Waals surface area contributed by atoms with Gasteiger partial charge < -0.3 is 15.0 Å². The summed E-state index contributed by atoms with van der Waals surface area (Å²) in [6, 6.07) is 5.67. The van der Waals surface area contributed by atoms with Crippen molar-refractivity contribution in [2.24, 2.45) is 0 Å². The predicted octanol–water partition coefficient (Wildman–Crippen LogP) is 2.85. The number of nitrogens with zero attached hydrogens (tertiary/aromatic N) is 1. The molecule has 1 N–H and O–H groups in total. The van der Waals surface area contributed by atoms with E-state index >= 15 is 0 Å². The van der Waals surface area contributed by atoms with E-state index in [-0.39, 0.29) is 5.97 Å². The lowest BCUT2D eigenvalue weighted by molar-refractivity contribution is 0.0500. The molecule has 4 nitrogen and oxygen atoms in total. The van der Waals surface area contributed by atoms with E-state index in [4.69, 9.17) is 4.74 Å². The van der Waals surface area contributed by atoms with Gasteiger partial charge in [-0.05, 0) is 31.5 Å². The van der Waals surface area contributed by atoms with Crippen LogP contribution in [0.3, 0.4) is 0 Å². The highest BCUT2D eigenvalue weighted by molar-refractivity contribution is 5.93. The van der Waals surface area contributed by atoms with Gasteiger partial charge in [-0.1, -0.05) is 13.3 Å². The van der Waals surface area contributed by atoms with Gasteiger partial charge in [-0.2, -0.15) is 0 Å². The minimum Gasteiger partial charge on any atom is -0.462 e. The number of fused-ring (bicyclic) bond motifs is 1. The number of ether oxygens (including phenoxy) is 1. The SMILES string of the molecule is CCCCOC(=O)c1ccc2c(c1)N(CC)CN2. The van der Waals surface area contributed by atoms with E-state index < -0.39 is 0 Å². The van der Waals surface area contributed by atoms with Crippen LogP contribution in [0.15, 0.2) is 18.2 Å². The van der Waals surface area contributed by atoms with Crippen LogP contribution in [0.25, 0.3) is 0 Å². The Morgan fingerprint density at radius 1 is 1.44 bits per heavy atom. The fourth-order valence-corrected chi connectivity index (χ4v) is 2.01. The zero-order valence-electron chi connectivity index (χ0n) is 11.0. The van der Waals surface area contributed by atoms with E-state index in [0.29, 0.717) is 12.2 Å². The second-order valence-electron chi connectivity index (χ2n) is 4.41. The van der Waals surface area contributed by atoms with Crippen LogP contribution in [0.4, 0.5) is 11.4 Å². The van der Waals surface area contributed by atoms with Crippen molar-refractivity contribution in [3.8, 4) is 0 Å². The number of rotatable bonds is 5. The van der Waals surface area contributed by atoms with E-state index in [0.717, 1.165) is 37.4 Å². The van der Waals surface area contributed by atoms with Gasteiger partial charge in [0.25, 0.3) is 0 Å². The van der Waals surface area contributed by atoms with Gasteiger partial charge >= 0.3 is 5.97 Å². The second-order valence-corrected chi connectivity index (χ2v) is 4.41. The van der Waals surface area contributed by atoms with Gasteiger partial charge in [-0.3, -0.25) is 0 Å². The summed E-state index contributed by atoms with van der Waals surface area (Å²) < 4.78 is 5.22. The number of nitrogens with one attached hydrogen (secondary N) is 1. The maximum Gasteiger partial charge on any atom is 0.338 e. The van der Waals surface area contributed by atoms with Crippen LogP contribution in [-0.4, -0.2) is 25.8 Å². The van der Waals surface area contributed by atoms with E-state index in [1.165, 1.54) is 0 Å². The van der Waals surface area contributed by atoms with E-state index in [1.807, 2.05) is 18.2 Å². The molecule has 0 saturated carbocycles. The summed E-state index contributed by atoms with van der Waals surface area (Å²) in [6.45, 7) is 6.41. The first-order valence-electron chi connectivity index (χ1n) is 6.56. The zero-order valence-corrected chi connectivity index (χ0v) is 11.0. The fraction of sp³-hybridized carbons (Fsp3) is 0.500. The molecule has 0 aromatic heterocycles. The van der Waals surface area contributed by atoms with E-state index in [1.54, 1.807) is 0 Å². The largest absolute Gasteiger partial charge is 0.462 e. The average molecular weight is 248 g/mol. The monoisotopic (exact) mass is 248 g/mol. The molecule has 0 unspecified atom stereocenters. The van der Waals surface area contributed by atoms with Crippen LogP contribution in [0.2, 0.25) is 0 Å². The Labute approximate surface area is 108 Å². The van der Waals surface area contributed by atoms with Crippen LogP contribution in [0.1, 0.15) is 37.0 Å². The van der Waals surface area contributed by atoms with Crippen molar-refractivity contribution < 1.29 is 9.53 Å². The summed E-state index contributed by atoms with van der Waals surface area (Å²) in [5.41, 5.74) is 2.80. The number of carbonyl (C=O) groups is 1. The molecular formula is C14H20N2O2. The first kappa shape index (κ1) is 12.7. The topological polar surface area (TPSA) is 41.6 Å². The Hall–Kier alpha value is -1.71. The molecule has 2 rings (SSSR count). The lowest BCUT2D eigenvalue weighted by Gasteiger charge is -2.15. The van der Waals surface area contributed by atoms with Crippen molar-refractivity contribution >= 4 is 17.3 Å². The van der Waals surface area contributed by atoms with Crippen molar-refractivity contribution in [3.63, 3.8) is 0 Å². The number of unbranched alkanes of at least 4 members (excludes halogenated alkanes) is 1. The summed E-state index contributed by atoms with van der Waals surface area (Å²) in [5, 5.41) is 3.29. The Bertz CT molecular complexity index is 432. The van der Waals surface area contributed by atoms with Gasteiger partial charge in [0.2, 0.25) is 0 Å². The molecule has 1 heterocycles. The van der Waals surface area contributed by atoms with Gasteiger partial charge in [-0.15, -0.1) is 0 Å². The van der Waals surface area contributed by atoms with E-state index in [9.17, 15) is 4.79 Å². The summed E-state index contributed by atoms with van der Waals surface area (Å²) >= 11 is 0. The standard InChI is InChI=1S/C14H20N2O2/c1-3-5-8-18-14(17)11-6-7-12-13(9-11)16(4-2)10-15-12/h6-7,9,15H,3-5,8,10H2,1-2H3. The number of benzene rings is 1. The highest BCUT2D eigenvalue weighted by atomic mass is 16.5. The second kappa shape index (κ2) is 5.76. The van der Waals surface area contributed by atoms with E-state index in [2.05, 4.69) is 24.1 Å². The predicted molar refractivity (Wildman–Crippen MR) is 73.1 cm³/mol. The summed E-state index contributed by atoms with van der Waals surface area (Å²) in [4.78, 5) is 14.0. The molecule has 4 heteroatoms. The summed E-state index contributed by atoms with van der Waals surface area (Å²) in [6.07, 6.45) is 1.95. The van der Waals surface area contributed by atoms with Crippen molar-refractivity contribution in [2.75, 3.05) is 30.0 Å². The normalized spacial score (nSPS) is 13.1. The van der Waals surface area contributed by atoms with Crippen LogP contribution < -0.4 is 10.2 Å². The number of esters is 1. The molecule has 1 aliphatic heterocycles. The molecule has 0 atom stereocenters.